The number of anilines is 2. The second-order valence-corrected chi connectivity index (χ2v) is 11.1. The highest BCUT2D eigenvalue weighted by Gasteiger charge is 2.40. The van der Waals surface area contributed by atoms with Crippen LogP contribution in [0.2, 0.25) is 0 Å². The molecule has 0 unspecified atom stereocenters. The van der Waals surface area contributed by atoms with Crippen molar-refractivity contribution < 1.29 is 32.9 Å². The second-order valence-electron chi connectivity index (χ2n) is 11.1. The van der Waals surface area contributed by atoms with Gasteiger partial charge in [-0.2, -0.15) is 13.2 Å². The molecule has 0 aliphatic carbocycles. The Balaban J connectivity index is 1.02. The smallest absolute Gasteiger partial charge is 0.388 e. The van der Waals surface area contributed by atoms with Gasteiger partial charge < -0.3 is 35.8 Å². The molecule has 13 nitrogen and oxygen atoms in total. The fourth-order valence-electron chi connectivity index (χ4n) is 5.68. The Morgan fingerprint density at radius 2 is 1.69 bits per heavy atom. The van der Waals surface area contributed by atoms with Crippen LogP contribution in [0.25, 0.3) is 0 Å². The van der Waals surface area contributed by atoms with E-state index in [4.69, 9.17) is 10.5 Å². The summed E-state index contributed by atoms with van der Waals surface area (Å²) in [6.07, 6.45) is -3.92. The molecular formula is C26H36F3N9O4. The van der Waals surface area contributed by atoms with Crippen molar-refractivity contribution in [2.24, 2.45) is 11.7 Å². The number of primary amides is 1. The summed E-state index contributed by atoms with van der Waals surface area (Å²) in [5.41, 5.74) is 4.24. The highest BCUT2D eigenvalue weighted by Crippen LogP contribution is 2.28. The maximum Gasteiger partial charge on any atom is 0.434 e. The van der Waals surface area contributed by atoms with Gasteiger partial charge in [-0.25, -0.2) is 4.98 Å². The molecule has 5 heterocycles. The molecule has 42 heavy (non-hydrogen) atoms. The highest BCUT2D eigenvalue weighted by atomic mass is 19.4. The molecule has 3 saturated heterocycles. The van der Waals surface area contributed by atoms with Gasteiger partial charge in [-0.3, -0.25) is 14.7 Å². The van der Waals surface area contributed by atoms with Gasteiger partial charge in [0.05, 0.1) is 31.1 Å². The van der Waals surface area contributed by atoms with E-state index in [1.807, 2.05) is 0 Å². The quantitative estimate of drug-likeness (QED) is 0.319. The van der Waals surface area contributed by atoms with Gasteiger partial charge in [0, 0.05) is 52.4 Å². The molecule has 16 heteroatoms. The minimum Gasteiger partial charge on any atom is -0.388 e. The lowest BCUT2D eigenvalue weighted by Gasteiger charge is -2.42. The first-order valence-electron chi connectivity index (χ1n) is 14.0. The van der Waals surface area contributed by atoms with Crippen LogP contribution in [0.15, 0.2) is 24.5 Å². The minimum atomic E-state index is -4.64. The molecule has 5 N–H and O–H groups in total. The highest BCUT2D eigenvalue weighted by molar-refractivity contribution is 5.90. The molecule has 5 rings (SSSR count). The van der Waals surface area contributed by atoms with Gasteiger partial charge in [-0.05, 0) is 30.9 Å². The molecule has 0 bridgehead atoms. The van der Waals surface area contributed by atoms with E-state index in [0.717, 1.165) is 70.7 Å². The number of rotatable bonds is 8. The average molecular weight is 596 g/mol. The van der Waals surface area contributed by atoms with Crippen molar-refractivity contribution in [2.45, 2.75) is 43.4 Å². The predicted molar refractivity (Wildman–Crippen MR) is 145 cm³/mol. The second kappa shape index (κ2) is 13.0. The summed E-state index contributed by atoms with van der Waals surface area (Å²) >= 11 is 0. The predicted octanol–water partition coefficient (Wildman–Crippen LogP) is -0.180. The number of aliphatic hydroxyl groups is 2. The fraction of sp³-hybridized carbons (Fsp3) is 0.654. The van der Waals surface area contributed by atoms with Crippen molar-refractivity contribution in [1.82, 2.24) is 30.0 Å². The number of alkyl halides is 3. The number of aromatic nitrogens is 4. The average Bonchev–Trinajstić information content (AvgIpc) is 2.98. The number of amides is 1. The third-order valence-electron chi connectivity index (χ3n) is 8.15. The summed E-state index contributed by atoms with van der Waals surface area (Å²) < 4.78 is 44.6. The number of halogens is 3. The number of aliphatic hydroxyl groups excluding tert-OH is 2. The topological polar surface area (TPSA) is 166 Å². The molecule has 4 atom stereocenters. The van der Waals surface area contributed by atoms with Crippen LogP contribution in [0.5, 0.6) is 0 Å². The Hall–Kier alpha value is -3.18. The van der Waals surface area contributed by atoms with Crippen LogP contribution in [0.3, 0.4) is 0 Å². The van der Waals surface area contributed by atoms with E-state index in [0.29, 0.717) is 18.7 Å². The van der Waals surface area contributed by atoms with Crippen molar-refractivity contribution in [3.8, 4) is 0 Å². The number of hydrogen-bond acceptors (Lipinski definition) is 12. The third kappa shape index (κ3) is 7.42. The lowest BCUT2D eigenvalue weighted by atomic mass is 9.95. The van der Waals surface area contributed by atoms with Gasteiger partial charge in [-0.1, -0.05) is 0 Å². The van der Waals surface area contributed by atoms with Crippen molar-refractivity contribution in [3.63, 3.8) is 0 Å². The molecule has 2 aromatic rings. The van der Waals surface area contributed by atoms with Crippen LogP contribution < -0.4 is 16.0 Å². The number of nitrogens with two attached hydrogens (primary N) is 1. The monoisotopic (exact) mass is 595 g/mol. The van der Waals surface area contributed by atoms with E-state index in [2.05, 4.69) is 40.2 Å². The fourth-order valence-corrected chi connectivity index (χ4v) is 5.68. The third-order valence-corrected chi connectivity index (χ3v) is 8.15. The summed E-state index contributed by atoms with van der Waals surface area (Å²) in [7, 11) is 0. The molecule has 3 fully saturated rings. The molecule has 2 aromatic heterocycles. The molecule has 230 valence electrons. The minimum absolute atomic E-state index is 0.000349. The van der Waals surface area contributed by atoms with Crippen LogP contribution >= 0.6 is 0 Å². The molecule has 0 aromatic carbocycles. The van der Waals surface area contributed by atoms with E-state index in [9.17, 15) is 28.2 Å². The number of piperazine rings is 1. The number of nitrogens with one attached hydrogen (secondary N) is 1. The van der Waals surface area contributed by atoms with Crippen molar-refractivity contribution in [2.75, 3.05) is 69.2 Å². The van der Waals surface area contributed by atoms with E-state index < -0.39 is 42.1 Å². The summed E-state index contributed by atoms with van der Waals surface area (Å²) in [4.78, 5) is 25.1. The number of ether oxygens (including phenoxy) is 1. The lowest BCUT2D eigenvalue weighted by molar-refractivity contribution is -0.148. The van der Waals surface area contributed by atoms with Crippen LogP contribution in [-0.2, 0) is 10.9 Å². The van der Waals surface area contributed by atoms with Crippen LogP contribution in [0, 0.1) is 5.92 Å². The van der Waals surface area contributed by atoms with Crippen molar-refractivity contribution in [3.05, 3.63) is 35.9 Å². The summed E-state index contributed by atoms with van der Waals surface area (Å²) in [5, 5.41) is 32.1. The van der Waals surface area contributed by atoms with E-state index in [1.165, 1.54) is 0 Å². The molecule has 3 aliphatic heterocycles. The van der Waals surface area contributed by atoms with Gasteiger partial charge >= 0.3 is 6.18 Å². The number of hydrogen-bond donors (Lipinski definition) is 4. The SMILES string of the molecule is NC(=O)c1ccc(N2CCC(CN3CCN(C[C@H]4OC[C@H](Nc5cncc(C(F)(F)F)n5)[C@@H](O)[C@H]4O)CC3)CC2)nn1. The molecule has 3 aliphatic rings. The number of carbonyl (C=O) groups is 1. The number of piperidine rings is 1. The van der Waals surface area contributed by atoms with Crippen LogP contribution in [0.4, 0.5) is 24.8 Å². The molecule has 0 spiro atoms. The first-order valence-corrected chi connectivity index (χ1v) is 14.0. The normalized spacial score (nSPS) is 26.7. The molecule has 0 saturated carbocycles. The first kappa shape index (κ1) is 30.3. The summed E-state index contributed by atoms with van der Waals surface area (Å²) in [6, 6.07) is 2.54. The van der Waals surface area contributed by atoms with E-state index in [-0.39, 0.29) is 18.1 Å². The van der Waals surface area contributed by atoms with Gasteiger partial charge in [0.15, 0.2) is 17.2 Å². The zero-order valence-electron chi connectivity index (χ0n) is 23.0. The van der Waals surface area contributed by atoms with Crippen molar-refractivity contribution in [1.29, 1.82) is 0 Å². The van der Waals surface area contributed by atoms with Crippen molar-refractivity contribution >= 4 is 17.5 Å². The van der Waals surface area contributed by atoms with Gasteiger partial charge in [0.1, 0.15) is 18.0 Å². The van der Waals surface area contributed by atoms with Crippen LogP contribution in [0.1, 0.15) is 29.0 Å². The number of carbonyl (C=O) groups excluding carboxylic acids is 1. The maximum atomic E-state index is 12.9. The Morgan fingerprint density at radius 3 is 2.31 bits per heavy atom. The molecular weight excluding hydrogens is 559 g/mol. The zero-order valence-corrected chi connectivity index (χ0v) is 23.0. The first-order chi connectivity index (χ1) is 20.1. The van der Waals surface area contributed by atoms with E-state index >= 15 is 0 Å². The Labute approximate surface area is 240 Å². The zero-order chi connectivity index (χ0) is 29.9. The lowest BCUT2D eigenvalue weighted by Crippen LogP contribution is -2.59. The van der Waals surface area contributed by atoms with Gasteiger partial charge in [0.2, 0.25) is 0 Å². The standard InChI is InChI=1S/C26H36F3N9O4/c27-26(28,29)20-11-31-12-21(33-20)32-18-15-42-19(24(40)23(18)39)14-37-9-7-36(8-10-37)13-16-3-5-38(6-4-16)22-2-1-17(25(30)41)34-35-22/h1-2,11-12,16,18-19,23-24,39-40H,3-10,13-15H2,(H2,30,41)(H,32,33)/t18-,19+,23+,24-/m0/s1. The van der Waals surface area contributed by atoms with Crippen LogP contribution in [-0.4, -0.2) is 129 Å². The Bertz CT molecular complexity index is 1190. The number of nitrogens with zero attached hydrogens (tertiary/aromatic N) is 7. The Kier molecular flexibility index (Phi) is 9.37. The Morgan fingerprint density at radius 1 is 1.00 bits per heavy atom. The maximum absolute atomic E-state index is 12.9. The molecule has 1 amide bonds. The van der Waals surface area contributed by atoms with Gasteiger partial charge in [-0.15, -0.1) is 10.2 Å². The van der Waals surface area contributed by atoms with Gasteiger partial charge in [0.25, 0.3) is 5.91 Å². The largest absolute Gasteiger partial charge is 0.434 e. The summed E-state index contributed by atoms with van der Waals surface area (Å²) in [5.74, 6) is 0.561. The van der Waals surface area contributed by atoms with E-state index in [1.54, 1.807) is 12.1 Å². The molecule has 0 radical (unpaired) electrons. The summed E-state index contributed by atoms with van der Waals surface area (Å²) in [6.45, 7) is 6.52.